The van der Waals surface area contributed by atoms with Crippen molar-refractivity contribution in [1.82, 2.24) is 10.2 Å². The van der Waals surface area contributed by atoms with Crippen LogP contribution in [-0.4, -0.2) is 46.9 Å². The summed E-state index contributed by atoms with van der Waals surface area (Å²) >= 11 is 0. The molecule has 2 fully saturated rings. The fraction of sp³-hybridized carbons (Fsp3) is 0.833. The van der Waals surface area contributed by atoms with Gasteiger partial charge in [-0.05, 0) is 25.7 Å². The van der Waals surface area contributed by atoms with E-state index >= 15 is 0 Å². The molecule has 1 heterocycles. The Hall–Kier alpha value is -1.59. The van der Waals surface area contributed by atoms with Gasteiger partial charge in [0.15, 0.2) is 0 Å². The first-order valence-electron chi connectivity index (χ1n) is 9.37. The second kappa shape index (κ2) is 9.64. The van der Waals surface area contributed by atoms with Crippen LogP contribution >= 0.6 is 0 Å². The third kappa shape index (κ3) is 5.80. The summed E-state index contributed by atoms with van der Waals surface area (Å²) in [5, 5.41) is 11.5. The van der Waals surface area contributed by atoms with E-state index in [9.17, 15) is 14.4 Å². The molecule has 0 bridgehead atoms. The van der Waals surface area contributed by atoms with Crippen molar-refractivity contribution in [2.45, 2.75) is 76.7 Å². The van der Waals surface area contributed by atoms with Crippen LogP contribution in [0, 0.1) is 5.92 Å². The van der Waals surface area contributed by atoms with Crippen molar-refractivity contribution in [3.63, 3.8) is 0 Å². The monoisotopic (exact) mass is 338 g/mol. The summed E-state index contributed by atoms with van der Waals surface area (Å²) in [6, 6.07) is 0.362. The van der Waals surface area contributed by atoms with Crippen molar-refractivity contribution in [2.24, 2.45) is 5.92 Å². The van der Waals surface area contributed by atoms with Gasteiger partial charge in [-0.3, -0.25) is 14.4 Å². The number of amides is 2. The number of likely N-dealkylation sites (tertiary alicyclic amines) is 1. The van der Waals surface area contributed by atoms with E-state index in [0.717, 1.165) is 44.9 Å². The molecule has 2 amide bonds. The van der Waals surface area contributed by atoms with Gasteiger partial charge in [0.25, 0.3) is 0 Å². The molecule has 2 rings (SSSR count). The molecule has 24 heavy (non-hydrogen) atoms. The highest BCUT2D eigenvalue weighted by Crippen LogP contribution is 2.29. The van der Waals surface area contributed by atoms with Gasteiger partial charge >= 0.3 is 5.97 Å². The zero-order chi connectivity index (χ0) is 17.4. The minimum absolute atomic E-state index is 0.00900. The number of hydrogen-bond donors (Lipinski definition) is 2. The lowest BCUT2D eigenvalue weighted by molar-refractivity contribution is -0.137. The minimum atomic E-state index is -0.736. The Morgan fingerprint density at radius 1 is 1.08 bits per heavy atom. The summed E-state index contributed by atoms with van der Waals surface area (Å²) in [5.41, 5.74) is 0. The second-order valence-corrected chi connectivity index (χ2v) is 7.09. The maximum absolute atomic E-state index is 12.2. The maximum atomic E-state index is 12.2. The minimum Gasteiger partial charge on any atom is -0.481 e. The molecule has 1 aliphatic carbocycles. The van der Waals surface area contributed by atoms with Crippen molar-refractivity contribution in [3.05, 3.63) is 0 Å². The highest BCUT2D eigenvalue weighted by molar-refractivity contribution is 5.89. The number of carbonyl (C=O) groups is 3. The van der Waals surface area contributed by atoms with Gasteiger partial charge in [-0.25, -0.2) is 0 Å². The fourth-order valence-electron chi connectivity index (χ4n) is 3.76. The number of aliphatic carboxylic acids is 1. The highest BCUT2D eigenvalue weighted by atomic mass is 16.4. The van der Waals surface area contributed by atoms with E-state index in [1.807, 2.05) is 4.90 Å². The number of carbonyl (C=O) groups excluding carboxylic acids is 2. The van der Waals surface area contributed by atoms with Gasteiger partial charge in [-0.2, -0.15) is 0 Å². The van der Waals surface area contributed by atoms with Crippen LogP contribution in [0.2, 0.25) is 0 Å². The normalized spacial score (nSPS) is 21.4. The van der Waals surface area contributed by atoms with Gasteiger partial charge in [-0.15, -0.1) is 0 Å². The van der Waals surface area contributed by atoms with Gasteiger partial charge in [0.1, 0.15) is 0 Å². The van der Waals surface area contributed by atoms with Gasteiger partial charge in [-0.1, -0.05) is 32.1 Å². The lowest BCUT2D eigenvalue weighted by Crippen LogP contribution is -2.37. The molecule has 1 saturated carbocycles. The van der Waals surface area contributed by atoms with E-state index < -0.39 is 5.97 Å². The fourth-order valence-corrected chi connectivity index (χ4v) is 3.76. The quantitative estimate of drug-likeness (QED) is 0.599. The third-order valence-corrected chi connectivity index (χ3v) is 5.16. The average Bonchev–Trinajstić information content (AvgIpc) is 3.18. The Bertz CT molecular complexity index is 446. The van der Waals surface area contributed by atoms with E-state index in [-0.39, 0.29) is 24.2 Å². The Morgan fingerprint density at radius 3 is 2.46 bits per heavy atom. The van der Waals surface area contributed by atoms with Crippen LogP contribution in [0.15, 0.2) is 0 Å². The van der Waals surface area contributed by atoms with Crippen molar-refractivity contribution < 1.29 is 19.5 Å². The van der Waals surface area contributed by atoms with Crippen molar-refractivity contribution in [3.8, 4) is 0 Å². The Morgan fingerprint density at radius 2 is 1.75 bits per heavy atom. The zero-order valence-corrected chi connectivity index (χ0v) is 14.5. The molecule has 0 aromatic rings. The van der Waals surface area contributed by atoms with E-state index in [1.54, 1.807) is 0 Å². The molecule has 1 saturated heterocycles. The van der Waals surface area contributed by atoms with Crippen LogP contribution in [-0.2, 0) is 14.4 Å². The summed E-state index contributed by atoms with van der Waals surface area (Å²) in [6.45, 7) is 1.23. The van der Waals surface area contributed by atoms with Crippen LogP contribution in [0.5, 0.6) is 0 Å². The van der Waals surface area contributed by atoms with Gasteiger partial charge in [0.05, 0.1) is 5.92 Å². The first kappa shape index (κ1) is 18.7. The number of hydrogen-bond acceptors (Lipinski definition) is 3. The van der Waals surface area contributed by atoms with E-state index in [2.05, 4.69) is 5.32 Å². The number of nitrogens with one attached hydrogen (secondary N) is 1. The molecule has 0 spiro atoms. The molecule has 0 radical (unpaired) electrons. The molecule has 1 unspecified atom stereocenters. The van der Waals surface area contributed by atoms with Crippen LogP contribution in [0.1, 0.15) is 70.6 Å². The number of carboxylic acid groups (broad SMARTS) is 1. The van der Waals surface area contributed by atoms with E-state index in [0.29, 0.717) is 25.6 Å². The zero-order valence-electron chi connectivity index (χ0n) is 14.5. The van der Waals surface area contributed by atoms with E-state index in [1.165, 1.54) is 12.8 Å². The van der Waals surface area contributed by atoms with Gasteiger partial charge in [0.2, 0.25) is 11.8 Å². The molecular formula is C18H30N2O4. The van der Waals surface area contributed by atoms with Crippen LogP contribution in [0.25, 0.3) is 0 Å². The number of rotatable bonds is 10. The smallest absolute Gasteiger partial charge is 0.303 e. The predicted octanol–water partition coefficient (Wildman–Crippen LogP) is 2.32. The van der Waals surface area contributed by atoms with Crippen LogP contribution in [0.4, 0.5) is 0 Å². The summed E-state index contributed by atoms with van der Waals surface area (Å²) in [4.78, 5) is 36.6. The molecule has 2 aliphatic rings. The lowest BCUT2D eigenvalue weighted by Gasteiger charge is -2.23. The standard InChI is InChI=1S/C18H30N2O4/c21-16-12-14(13-20(16)15-8-5-6-9-15)18(24)19-11-7-3-1-2-4-10-17(22)23/h14-15H,1-13H2,(H,19,24)(H,22,23). The molecular weight excluding hydrogens is 308 g/mol. The Kier molecular flexibility index (Phi) is 7.53. The summed E-state index contributed by atoms with van der Waals surface area (Å²) in [7, 11) is 0. The first-order valence-corrected chi connectivity index (χ1v) is 9.37. The molecule has 136 valence electrons. The molecule has 6 heteroatoms. The SMILES string of the molecule is O=C(O)CCCCCCCNC(=O)C1CC(=O)N(C2CCCC2)C1. The maximum Gasteiger partial charge on any atom is 0.303 e. The van der Waals surface area contributed by atoms with Gasteiger partial charge in [0, 0.05) is 32.0 Å². The molecule has 6 nitrogen and oxygen atoms in total. The Balaban J connectivity index is 1.55. The van der Waals surface area contributed by atoms with Crippen molar-refractivity contribution in [1.29, 1.82) is 0 Å². The number of carboxylic acids is 1. The summed E-state index contributed by atoms with van der Waals surface area (Å²) in [5.74, 6) is -0.774. The first-order chi connectivity index (χ1) is 11.6. The lowest BCUT2D eigenvalue weighted by atomic mass is 10.1. The average molecular weight is 338 g/mol. The topological polar surface area (TPSA) is 86.7 Å². The number of unbranched alkanes of at least 4 members (excludes halogenated alkanes) is 4. The second-order valence-electron chi connectivity index (χ2n) is 7.09. The van der Waals surface area contributed by atoms with Crippen LogP contribution < -0.4 is 5.32 Å². The molecule has 2 N–H and O–H groups in total. The van der Waals surface area contributed by atoms with E-state index in [4.69, 9.17) is 5.11 Å². The van der Waals surface area contributed by atoms with Crippen molar-refractivity contribution >= 4 is 17.8 Å². The van der Waals surface area contributed by atoms with Crippen LogP contribution in [0.3, 0.4) is 0 Å². The summed E-state index contributed by atoms with van der Waals surface area (Å²) < 4.78 is 0. The molecule has 0 aromatic heterocycles. The largest absolute Gasteiger partial charge is 0.481 e. The predicted molar refractivity (Wildman–Crippen MR) is 90.4 cm³/mol. The van der Waals surface area contributed by atoms with Crippen molar-refractivity contribution in [2.75, 3.05) is 13.1 Å². The summed E-state index contributed by atoms with van der Waals surface area (Å²) in [6.07, 6.45) is 9.71. The highest BCUT2D eigenvalue weighted by Gasteiger charge is 2.38. The van der Waals surface area contributed by atoms with Gasteiger partial charge < -0.3 is 15.3 Å². The Labute approximate surface area is 144 Å². The third-order valence-electron chi connectivity index (χ3n) is 5.16. The molecule has 0 aromatic carbocycles. The number of nitrogens with zero attached hydrogens (tertiary/aromatic N) is 1. The molecule has 1 atom stereocenters. The molecule has 1 aliphatic heterocycles.